The number of hydrogen-bond acceptors (Lipinski definition) is 4. The van der Waals surface area contributed by atoms with E-state index in [1.807, 2.05) is 20.8 Å². The van der Waals surface area contributed by atoms with E-state index in [0.29, 0.717) is 6.54 Å². The number of nitrogens with zero attached hydrogens (tertiary/aromatic N) is 2. The first-order chi connectivity index (χ1) is 10.7. The number of aliphatic carboxylic acids is 1. The van der Waals surface area contributed by atoms with Crippen LogP contribution in [-0.2, 0) is 9.59 Å². The predicted molar refractivity (Wildman–Crippen MR) is 85.7 cm³/mol. The Morgan fingerprint density at radius 1 is 1.48 bits per heavy atom. The summed E-state index contributed by atoms with van der Waals surface area (Å²) in [6.45, 7) is 9.63. The third-order valence-corrected chi connectivity index (χ3v) is 4.15. The lowest BCUT2D eigenvalue weighted by Crippen LogP contribution is -2.54. The largest absolute Gasteiger partial charge is 0.481 e. The maximum atomic E-state index is 12.7. The van der Waals surface area contributed by atoms with Crippen LogP contribution in [0.3, 0.4) is 0 Å². The van der Waals surface area contributed by atoms with E-state index in [1.165, 1.54) is 4.90 Å². The van der Waals surface area contributed by atoms with Crippen LogP contribution in [-0.4, -0.2) is 70.6 Å². The number of nitrogens with one attached hydrogen (secondary N) is 1. The summed E-state index contributed by atoms with van der Waals surface area (Å²) in [5, 5.41) is 11.9. The Kier molecular flexibility index (Phi) is 6.56. The first-order valence-electron chi connectivity index (χ1n) is 7.70. The van der Waals surface area contributed by atoms with Crippen LogP contribution in [0.1, 0.15) is 20.8 Å². The van der Waals surface area contributed by atoms with Crippen LogP contribution in [0.5, 0.6) is 0 Å². The number of carboxylic acid groups (broad SMARTS) is 1. The molecule has 3 amide bonds. The first kappa shape index (κ1) is 19.0. The van der Waals surface area contributed by atoms with Gasteiger partial charge in [-0.15, -0.1) is 0 Å². The first-order valence-corrected chi connectivity index (χ1v) is 7.70. The van der Waals surface area contributed by atoms with Crippen LogP contribution in [0, 0.1) is 5.92 Å². The molecule has 8 nitrogen and oxygen atoms in total. The highest BCUT2D eigenvalue weighted by Crippen LogP contribution is 2.24. The van der Waals surface area contributed by atoms with Gasteiger partial charge in [0, 0.05) is 31.7 Å². The molecule has 0 saturated carbocycles. The quantitative estimate of drug-likeness (QED) is 0.587. The van der Waals surface area contributed by atoms with Crippen molar-refractivity contribution in [2.24, 2.45) is 11.7 Å². The lowest BCUT2D eigenvalue weighted by molar-refractivity contribution is -0.141. The number of nitrogens with two attached hydrogens (primary N) is 1. The molecule has 8 heteroatoms. The molecule has 0 bridgehead atoms. The second-order valence-electron chi connectivity index (χ2n) is 5.85. The molecule has 0 spiro atoms. The van der Waals surface area contributed by atoms with Crippen molar-refractivity contribution in [3.8, 4) is 0 Å². The Labute approximate surface area is 136 Å². The van der Waals surface area contributed by atoms with E-state index in [0.717, 1.165) is 6.08 Å². The van der Waals surface area contributed by atoms with Crippen molar-refractivity contribution in [3.05, 3.63) is 12.7 Å². The molecule has 0 aromatic heterocycles. The molecule has 1 heterocycles. The van der Waals surface area contributed by atoms with Gasteiger partial charge >= 0.3 is 12.0 Å². The summed E-state index contributed by atoms with van der Waals surface area (Å²) in [5.74, 6) is -2.28. The van der Waals surface area contributed by atoms with Gasteiger partial charge in [0.25, 0.3) is 0 Å². The van der Waals surface area contributed by atoms with E-state index in [9.17, 15) is 19.5 Å². The van der Waals surface area contributed by atoms with E-state index in [4.69, 9.17) is 5.73 Å². The van der Waals surface area contributed by atoms with Gasteiger partial charge in [0.1, 0.15) is 0 Å². The Balaban J connectivity index is 2.99. The topological polar surface area (TPSA) is 116 Å². The molecule has 1 rings (SSSR count). The third kappa shape index (κ3) is 4.22. The van der Waals surface area contributed by atoms with Gasteiger partial charge in [0.2, 0.25) is 5.91 Å². The molecule has 0 aliphatic carbocycles. The summed E-state index contributed by atoms with van der Waals surface area (Å²) < 4.78 is 0. The van der Waals surface area contributed by atoms with Gasteiger partial charge in [-0.3, -0.25) is 9.59 Å². The van der Waals surface area contributed by atoms with Gasteiger partial charge in [-0.05, 0) is 26.8 Å². The highest BCUT2D eigenvalue weighted by molar-refractivity contribution is 5.87. The predicted octanol–water partition coefficient (Wildman–Crippen LogP) is -0.149. The maximum absolute atomic E-state index is 12.7. The SMILES string of the molecule is C=CC(=O)NC[C@H]1[C@H](N)[C@H](C(=O)O)CN1C(=O)N(CC)C(C)C. The normalized spacial score (nSPS) is 23.7. The summed E-state index contributed by atoms with van der Waals surface area (Å²) in [5.41, 5.74) is 6.03. The number of carboxylic acids is 1. The molecule has 0 aromatic rings. The lowest BCUT2D eigenvalue weighted by Gasteiger charge is -2.34. The summed E-state index contributed by atoms with van der Waals surface area (Å²) in [6.07, 6.45) is 1.12. The Morgan fingerprint density at radius 3 is 2.52 bits per heavy atom. The molecule has 4 N–H and O–H groups in total. The number of amides is 3. The van der Waals surface area contributed by atoms with Crippen LogP contribution in [0.25, 0.3) is 0 Å². The summed E-state index contributed by atoms with van der Waals surface area (Å²) in [6, 6.07) is -1.59. The van der Waals surface area contributed by atoms with Crippen molar-refractivity contribution in [3.63, 3.8) is 0 Å². The minimum atomic E-state index is -1.04. The maximum Gasteiger partial charge on any atom is 0.320 e. The molecule has 130 valence electrons. The Bertz CT molecular complexity index is 480. The molecular formula is C15H26N4O4. The molecule has 0 aromatic carbocycles. The summed E-state index contributed by atoms with van der Waals surface area (Å²) in [4.78, 5) is 38.5. The van der Waals surface area contributed by atoms with Crippen LogP contribution >= 0.6 is 0 Å². The smallest absolute Gasteiger partial charge is 0.320 e. The Hall–Kier alpha value is -2.09. The zero-order valence-electron chi connectivity index (χ0n) is 13.9. The van der Waals surface area contributed by atoms with Crippen LogP contribution in [0.4, 0.5) is 4.79 Å². The van der Waals surface area contributed by atoms with Gasteiger partial charge in [-0.25, -0.2) is 4.79 Å². The van der Waals surface area contributed by atoms with Gasteiger partial charge in [0.05, 0.1) is 12.0 Å². The van der Waals surface area contributed by atoms with E-state index in [1.54, 1.807) is 4.90 Å². The third-order valence-electron chi connectivity index (χ3n) is 4.15. The van der Waals surface area contributed by atoms with Crippen molar-refractivity contribution in [1.29, 1.82) is 0 Å². The van der Waals surface area contributed by atoms with Crippen LogP contribution in [0.2, 0.25) is 0 Å². The molecule has 0 unspecified atom stereocenters. The molecular weight excluding hydrogens is 300 g/mol. The molecule has 1 saturated heterocycles. The lowest BCUT2D eigenvalue weighted by atomic mass is 10.00. The number of hydrogen-bond donors (Lipinski definition) is 3. The average molecular weight is 326 g/mol. The highest BCUT2D eigenvalue weighted by atomic mass is 16.4. The van der Waals surface area contributed by atoms with Crippen LogP contribution in [0.15, 0.2) is 12.7 Å². The standard InChI is InChI=1S/C15H26N4O4/c1-5-12(20)17-7-11-13(16)10(14(21)22)8-19(11)15(23)18(6-2)9(3)4/h5,9-11,13H,1,6-8,16H2,2-4H3,(H,17,20)(H,21,22)/t10-,11+,13-/m1/s1. The molecule has 23 heavy (non-hydrogen) atoms. The fourth-order valence-electron chi connectivity index (χ4n) is 2.82. The van der Waals surface area contributed by atoms with E-state index >= 15 is 0 Å². The number of urea groups is 1. The van der Waals surface area contributed by atoms with Crippen LogP contribution < -0.4 is 11.1 Å². The van der Waals surface area contributed by atoms with E-state index < -0.39 is 24.0 Å². The second-order valence-corrected chi connectivity index (χ2v) is 5.85. The number of rotatable bonds is 6. The fourth-order valence-corrected chi connectivity index (χ4v) is 2.82. The summed E-state index contributed by atoms with van der Waals surface area (Å²) >= 11 is 0. The van der Waals surface area contributed by atoms with Crippen molar-refractivity contribution in [2.75, 3.05) is 19.6 Å². The minimum Gasteiger partial charge on any atom is -0.481 e. The van der Waals surface area contributed by atoms with Gasteiger partial charge in [0.15, 0.2) is 0 Å². The van der Waals surface area contributed by atoms with Gasteiger partial charge < -0.3 is 26.0 Å². The fraction of sp³-hybridized carbons (Fsp3) is 0.667. The molecule has 1 fully saturated rings. The zero-order chi connectivity index (χ0) is 17.7. The van der Waals surface area contributed by atoms with Crippen molar-refractivity contribution < 1.29 is 19.5 Å². The molecule has 3 atom stereocenters. The van der Waals surface area contributed by atoms with Crippen molar-refractivity contribution >= 4 is 17.9 Å². The van der Waals surface area contributed by atoms with Gasteiger partial charge in [-0.2, -0.15) is 0 Å². The average Bonchev–Trinajstić information content (AvgIpc) is 2.82. The highest BCUT2D eigenvalue weighted by Gasteiger charge is 2.46. The zero-order valence-corrected chi connectivity index (χ0v) is 13.9. The van der Waals surface area contributed by atoms with Crippen molar-refractivity contribution in [2.45, 2.75) is 38.9 Å². The minimum absolute atomic E-state index is 0.0176. The van der Waals surface area contributed by atoms with E-state index in [2.05, 4.69) is 11.9 Å². The number of likely N-dealkylation sites (tertiary alicyclic amines) is 1. The summed E-state index contributed by atoms with van der Waals surface area (Å²) in [7, 11) is 0. The molecule has 1 aliphatic rings. The monoisotopic (exact) mass is 326 g/mol. The molecule has 0 radical (unpaired) electrons. The van der Waals surface area contributed by atoms with E-state index in [-0.39, 0.29) is 31.1 Å². The van der Waals surface area contributed by atoms with Crippen molar-refractivity contribution in [1.82, 2.24) is 15.1 Å². The second kappa shape index (κ2) is 7.96. The number of carbonyl (C=O) groups is 3. The van der Waals surface area contributed by atoms with Gasteiger partial charge in [-0.1, -0.05) is 6.58 Å². The molecule has 1 aliphatic heterocycles. The number of carbonyl (C=O) groups excluding carboxylic acids is 2. The Morgan fingerprint density at radius 2 is 2.09 bits per heavy atom.